The molecule has 4 aliphatic carbocycles. The lowest BCUT2D eigenvalue weighted by Gasteiger charge is -2.53. The lowest BCUT2D eigenvalue weighted by molar-refractivity contribution is -0.164. The number of amides is 1. The van der Waals surface area contributed by atoms with E-state index in [1.807, 2.05) is 0 Å². The molecule has 0 aliphatic heterocycles. The maximum atomic E-state index is 12.6. The van der Waals surface area contributed by atoms with Crippen molar-refractivity contribution >= 4 is 23.3 Å². The van der Waals surface area contributed by atoms with E-state index in [4.69, 9.17) is 4.74 Å². The zero-order valence-corrected chi connectivity index (χ0v) is 15.1. The van der Waals surface area contributed by atoms with Gasteiger partial charge < -0.3 is 10.1 Å². The van der Waals surface area contributed by atoms with Gasteiger partial charge in [-0.3, -0.25) is 14.4 Å². The maximum Gasteiger partial charge on any atom is 0.310 e. The Morgan fingerprint density at radius 3 is 2.08 bits per heavy atom. The minimum Gasteiger partial charge on any atom is -0.455 e. The van der Waals surface area contributed by atoms with Crippen molar-refractivity contribution in [1.82, 2.24) is 0 Å². The molecule has 1 N–H and O–H groups in total. The van der Waals surface area contributed by atoms with Gasteiger partial charge in [-0.2, -0.15) is 0 Å². The van der Waals surface area contributed by atoms with Gasteiger partial charge in [0.15, 0.2) is 12.4 Å². The van der Waals surface area contributed by atoms with Gasteiger partial charge in [0, 0.05) is 11.3 Å². The molecule has 0 unspecified atom stereocenters. The molecule has 5 rings (SSSR count). The Labute approximate surface area is 153 Å². The molecule has 4 fully saturated rings. The molecule has 1 aromatic rings. The van der Waals surface area contributed by atoms with Crippen molar-refractivity contribution in [3.63, 3.8) is 0 Å². The fraction of sp³-hybridized carbons (Fsp3) is 0.571. The maximum absolute atomic E-state index is 12.6. The van der Waals surface area contributed by atoms with Crippen LogP contribution >= 0.6 is 0 Å². The predicted octanol–water partition coefficient (Wildman–Crippen LogP) is 3.44. The lowest BCUT2D eigenvalue weighted by atomic mass is 9.52. The minimum absolute atomic E-state index is 0.00884. The van der Waals surface area contributed by atoms with Gasteiger partial charge in [0.2, 0.25) is 0 Å². The fourth-order valence-corrected chi connectivity index (χ4v) is 5.53. The monoisotopic (exact) mass is 355 g/mol. The van der Waals surface area contributed by atoms with E-state index in [2.05, 4.69) is 5.32 Å². The first-order valence-electron chi connectivity index (χ1n) is 9.57. The first-order chi connectivity index (χ1) is 12.5. The van der Waals surface area contributed by atoms with Crippen molar-refractivity contribution in [2.45, 2.75) is 39.0 Å². The van der Waals surface area contributed by atoms with Crippen LogP contribution in [0.5, 0.6) is 0 Å². The Morgan fingerprint density at radius 2 is 1.54 bits per heavy atom. The molecular weight excluding hydrogens is 330 g/mol. The van der Waals surface area contributed by atoms with E-state index in [1.165, 1.54) is 13.3 Å². The highest BCUT2D eigenvalue weighted by molar-refractivity contribution is 5.96. The quantitative estimate of drug-likeness (QED) is 0.649. The zero-order chi connectivity index (χ0) is 18.3. The number of ketones is 1. The number of hydrogen-bond donors (Lipinski definition) is 1. The highest BCUT2D eigenvalue weighted by Gasteiger charge is 2.51. The second kappa shape index (κ2) is 6.86. The summed E-state index contributed by atoms with van der Waals surface area (Å²) in [6.07, 6.45) is 5.96. The summed E-state index contributed by atoms with van der Waals surface area (Å²) in [4.78, 5) is 35.9. The van der Waals surface area contributed by atoms with Crippen molar-refractivity contribution in [3.8, 4) is 0 Å². The van der Waals surface area contributed by atoms with E-state index in [-0.39, 0.29) is 30.2 Å². The molecule has 26 heavy (non-hydrogen) atoms. The number of hydrogen-bond acceptors (Lipinski definition) is 4. The summed E-state index contributed by atoms with van der Waals surface area (Å²) in [5.41, 5.74) is 1.18. The Balaban J connectivity index is 1.29. The van der Waals surface area contributed by atoms with Crippen LogP contribution < -0.4 is 5.32 Å². The van der Waals surface area contributed by atoms with Crippen molar-refractivity contribution in [2.75, 3.05) is 11.9 Å². The summed E-state index contributed by atoms with van der Waals surface area (Å²) in [5, 5.41) is 2.70. The van der Waals surface area contributed by atoms with Crippen molar-refractivity contribution in [3.05, 3.63) is 29.8 Å². The van der Waals surface area contributed by atoms with Crippen LogP contribution in [0.1, 0.15) is 49.4 Å². The molecule has 0 spiro atoms. The van der Waals surface area contributed by atoms with Crippen molar-refractivity contribution in [1.29, 1.82) is 0 Å². The van der Waals surface area contributed by atoms with Crippen molar-refractivity contribution < 1.29 is 19.1 Å². The highest BCUT2D eigenvalue weighted by Crippen LogP contribution is 2.56. The molecule has 0 heterocycles. The van der Waals surface area contributed by atoms with E-state index in [1.54, 1.807) is 24.3 Å². The van der Waals surface area contributed by atoms with E-state index >= 15 is 0 Å². The number of Topliss-reactive ketones (excluding diaryl/α,β-unsaturated/α-hetero) is 1. The molecule has 0 atom stereocenters. The Morgan fingerprint density at radius 1 is 0.962 bits per heavy atom. The molecule has 0 radical (unpaired) electrons. The minimum atomic E-state index is -0.349. The van der Waals surface area contributed by atoms with Crippen LogP contribution in [0.3, 0.4) is 0 Å². The summed E-state index contributed by atoms with van der Waals surface area (Å²) in [6.45, 7) is 1.24. The number of esters is 1. The second-order valence-corrected chi connectivity index (χ2v) is 8.25. The smallest absolute Gasteiger partial charge is 0.310 e. The topological polar surface area (TPSA) is 72.5 Å². The number of ether oxygens (including phenoxy) is 1. The van der Waals surface area contributed by atoms with Gasteiger partial charge in [-0.1, -0.05) is 0 Å². The molecule has 4 bridgehead atoms. The van der Waals surface area contributed by atoms with Crippen molar-refractivity contribution in [2.24, 2.45) is 29.6 Å². The normalized spacial score (nSPS) is 31.5. The summed E-state index contributed by atoms with van der Waals surface area (Å²) in [7, 11) is 0. The third-order valence-electron chi connectivity index (χ3n) is 6.42. The zero-order valence-electron chi connectivity index (χ0n) is 15.1. The molecule has 5 nitrogen and oxygen atoms in total. The van der Waals surface area contributed by atoms with Crippen LogP contribution in [0.2, 0.25) is 0 Å². The van der Waals surface area contributed by atoms with E-state index < -0.39 is 0 Å². The first kappa shape index (κ1) is 17.3. The van der Waals surface area contributed by atoms with Crippen LogP contribution in [-0.2, 0) is 14.3 Å². The lowest BCUT2D eigenvalue weighted by Crippen LogP contribution is -2.48. The van der Waals surface area contributed by atoms with Gasteiger partial charge in [0.05, 0.1) is 5.92 Å². The molecule has 1 amide bonds. The molecule has 138 valence electrons. The Kier molecular flexibility index (Phi) is 4.55. The van der Waals surface area contributed by atoms with Gasteiger partial charge in [0.25, 0.3) is 5.91 Å². The second-order valence-electron chi connectivity index (χ2n) is 8.25. The number of carbonyl (C=O) groups excluding carboxylic acids is 3. The molecule has 5 heteroatoms. The summed E-state index contributed by atoms with van der Waals surface area (Å²) in [6, 6.07) is 6.68. The first-order valence-corrected chi connectivity index (χ1v) is 9.57. The van der Waals surface area contributed by atoms with Gasteiger partial charge in [-0.05, 0) is 87.0 Å². The number of anilines is 1. The van der Waals surface area contributed by atoms with Crippen LogP contribution in [0.25, 0.3) is 0 Å². The fourth-order valence-electron chi connectivity index (χ4n) is 5.53. The Bertz CT molecular complexity index is 696. The largest absolute Gasteiger partial charge is 0.455 e. The standard InChI is InChI=1S/C21H25NO4/c1-12(23)15-2-4-18(5-3-15)22-19(24)11-26-21(25)20-16-7-13-6-14(9-16)10-17(20)8-13/h2-5,13-14,16-17,20H,6-11H2,1H3,(H,22,24). The van der Waals surface area contributed by atoms with Crippen LogP contribution in [0.4, 0.5) is 5.69 Å². The number of nitrogens with one attached hydrogen (secondary N) is 1. The van der Waals surface area contributed by atoms with E-state index in [9.17, 15) is 14.4 Å². The molecular formula is C21H25NO4. The van der Waals surface area contributed by atoms with Crippen LogP contribution in [0, 0.1) is 29.6 Å². The highest BCUT2D eigenvalue weighted by atomic mass is 16.5. The summed E-state index contributed by atoms with van der Waals surface area (Å²) in [5.74, 6) is 1.96. The average Bonchev–Trinajstić information content (AvgIpc) is 2.59. The van der Waals surface area contributed by atoms with Crippen LogP contribution in [0.15, 0.2) is 24.3 Å². The number of benzene rings is 1. The average molecular weight is 355 g/mol. The van der Waals surface area contributed by atoms with Gasteiger partial charge >= 0.3 is 5.97 Å². The third kappa shape index (κ3) is 3.39. The molecule has 0 saturated heterocycles. The molecule has 0 aromatic heterocycles. The van der Waals surface area contributed by atoms with E-state index in [0.717, 1.165) is 37.5 Å². The third-order valence-corrected chi connectivity index (χ3v) is 6.42. The van der Waals surface area contributed by atoms with Gasteiger partial charge in [-0.25, -0.2) is 0 Å². The van der Waals surface area contributed by atoms with Gasteiger partial charge in [0.1, 0.15) is 0 Å². The van der Waals surface area contributed by atoms with E-state index in [0.29, 0.717) is 23.1 Å². The molecule has 4 saturated carbocycles. The molecule has 4 aliphatic rings. The van der Waals surface area contributed by atoms with Crippen LogP contribution in [-0.4, -0.2) is 24.3 Å². The SMILES string of the molecule is CC(=O)c1ccc(NC(=O)COC(=O)C2C3CC4CC(C3)CC2C4)cc1. The van der Waals surface area contributed by atoms with Gasteiger partial charge in [-0.15, -0.1) is 0 Å². The number of rotatable bonds is 5. The molecule has 1 aromatic carbocycles. The summed E-state index contributed by atoms with van der Waals surface area (Å²) >= 11 is 0. The number of carbonyl (C=O) groups is 3. The predicted molar refractivity (Wildman–Crippen MR) is 96.6 cm³/mol. The summed E-state index contributed by atoms with van der Waals surface area (Å²) < 4.78 is 5.36. The Hall–Kier alpha value is -2.17.